The lowest BCUT2D eigenvalue weighted by molar-refractivity contribution is 0.0781. The van der Waals surface area contributed by atoms with Crippen molar-refractivity contribution >= 4 is 41.7 Å². The van der Waals surface area contributed by atoms with Gasteiger partial charge in [-0.15, -0.1) is 24.0 Å². The first-order valence-corrected chi connectivity index (χ1v) is 9.03. The lowest BCUT2D eigenvalue weighted by Gasteiger charge is -2.37. The fraction of sp³-hybridized carbons (Fsp3) is 0.933. The molecule has 130 valence electrons. The number of nitrogens with one attached hydrogen (secondary N) is 1. The smallest absolute Gasteiger partial charge is 0.193 e. The number of ether oxygens (including phenoxy) is 2. The number of thioether (sulfide) groups is 1. The van der Waals surface area contributed by atoms with Gasteiger partial charge in [0.2, 0.25) is 0 Å². The molecule has 0 saturated carbocycles. The van der Waals surface area contributed by atoms with Gasteiger partial charge in [-0.05, 0) is 25.5 Å². The SMILES string of the molecule is CN=C(NCC1(SC)CCOCC1)N1CCC(COC)C1.I. The normalized spacial score (nSPS) is 25.0. The van der Waals surface area contributed by atoms with Crippen LogP contribution in [0.25, 0.3) is 0 Å². The number of rotatable bonds is 5. The van der Waals surface area contributed by atoms with Crippen molar-refractivity contribution in [2.24, 2.45) is 10.9 Å². The number of hydrogen-bond donors (Lipinski definition) is 1. The van der Waals surface area contributed by atoms with Crippen LogP contribution in [0.3, 0.4) is 0 Å². The number of hydrogen-bond acceptors (Lipinski definition) is 4. The Labute approximate surface area is 156 Å². The zero-order chi connectivity index (χ0) is 15.1. The summed E-state index contributed by atoms with van der Waals surface area (Å²) in [5, 5.41) is 3.59. The van der Waals surface area contributed by atoms with Gasteiger partial charge in [-0.2, -0.15) is 11.8 Å². The Balaban J connectivity index is 0.00000242. The fourth-order valence-corrected chi connectivity index (χ4v) is 3.96. The molecule has 0 aromatic rings. The van der Waals surface area contributed by atoms with Gasteiger partial charge in [-0.25, -0.2) is 0 Å². The Morgan fingerprint density at radius 2 is 2.18 bits per heavy atom. The van der Waals surface area contributed by atoms with Gasteiger partial charge in [-0.3, -0.25) is 4.99 Å². The van der Waals surface area contributed by atoms with Gasteiger partial charge in [0.1, 0.15) is 0 Å². The van der Waals surface area contributed by atoms with Gasteiger partial charge in [0.25, 0.3) is 0 Å². The minimum atomic E-state index is 0. The first-order chi connectivity index (χ1) is 10.2. The summed E-state index contributed by atoms with van der Waals surface area (Å²) >= 11 is 1.96. The summed E-state index contributed by atoms with van der Waals surface area (Å²) < 4.78 is 11.1. The Kier molecular flexibility index (Phi) is 9.42. The molecule has 2 rings (SSSR count). The van der Waals surface area contributed by atoms with Crippen LogP contribution in [-0.2, 0) is 9.47 Å². The average Bonchev–Trinajstić information content (AvgIpc) is 2.98. The molecule has 1 N–H and O–H groups in total. The maximum Gasteiger partial charge on any atom is 0.193 e. The lowest BCUT2D eigenvalue weighted by Crippen LogP contribution is -2.48. The third kappa shape index (κ3) is 5.42. The van der Waals surface area contributed by atoms with E-state index in [-0.39, 0.29) is 24.0 Å². The maximum atomic E-state index is 5.50. The Morgan fingerprint density at radius 1 is 1.45 bits per heavy atom. The van der Waals surface area contributed by atoms with E-state index in [4.69, 9.17) is 9.47 Å². The van der Waals surface area contributed by atoms with Crippen LogP contribution in [0.4, 0.5) is 0 Å². The van der Waals surface area contributed by atoms with Crippen molar-refractivity contribution in [2.75, 3.05) is 59.9 Å². The molecule has 0 radical (unpaired) electrons. The van der Waals surface area contributed by atoms with Crippen molar-refractivity contribution in [3.05, 3.63) is 0 Å². The summed E-state index contributed by atoms with van der Waals surface area (Å²) in [5.74, 6) is 1.67. The second kappa shape index (κ2) is 10.2. The Morgan fingerprint density at radius 3 is 2.77 bits per heavy atom. The summed E-state index contributed by atoms with van der Waals surface area (Å²) in [6.45, 7) is 5.68. The largest absolute Gasteiger partial charge is 0.384 e. The topological polar surface area (TPSA) is 46.1 Å². The average molecular weight is 443 g/mol. The van der Waals surface area contributed by atoms with Crippen LogP contribution < -0.4 is 5.32 Å². The van der Waals surface area contributed by atoms with Crippen LogP contribution in [0, 0.1) is 5.92 Å². The van der Waals surface area contributed by atoms with Crippen LogP contribution in [0.5, 0.6) is 0 Å². The zero-order valence-corrected chi connectivity index (χ0v) is 17.1. The summed E-state index contributed by atoms with van der Waals surface area (Å²) in [7, 11) is 3.66. The van der Waals surface area contributed by atoms with E-state index in [2.05, 4.69) is 21.5 Å². The minimum Gasteiger partial charge on any atom is -0.384 e. The van der Waals surface area contributed by atoms with E-state index in [1.165, 1.54) is 6.42 Å². The van der Waals surface area contributed by atoms with Gasteiger partial charge >= 0.3 is 0 Å². The molecule has 0 aromatic heterocycles. The van der Waals surface area contributed by atoms with E-state index in [0.29, 0.717) is 10.7 Å². The predicted octanol–water partition coefficient (Wildman–Crippen LogP) is 2.06. The van der Waals surface area contributed by atoms with Gasteiger partial charge in [0.05, 0.1) is 6.61 Å². The molecule has 0 amide bonds. The summed E-state index contributed by atoms with van der Waals surface area (Å²) in [5.41, 5.74) is 0. The quantitative estimate of drug-likeness (QED) is 0.401. The molecular weight excluding hydrogens is 413 g/mol. The molecular formula is C15H30IN3O2S. The van der Waals surface area contributed by atoms with E-state index >= 15 is 0 Å². The van der Waals surface area contributed by atoms with E-state index < -0.39 is 0 Å². The predicted molar refractivity (Wildman–Crippen MR) is 105 cm³/mol. The number of likely N-dealkylation sites (tertiary alicyclic amines) is 1. The monoisotopic (exact) mass is 443 g/mol. The lowest BCUT2D eigenvalue weighted by atomic mass is 9.99. The highest BCUT2D eigenvalue weighted by Crippen LogP contribution is 2.33. The molecule has 0 bridgehead atoms. The highest BCUT2D eigenvalue weighted by atomic mass is 127. The van der Waals surface area contributed by atoms with Crippen LogP contribution in [0.2, 0.25) is 0 Å². The summed E-state index contributed by atoms with van der Waals surface area (Å²) in [6.07, 6.45) is 5.63. The van der Waals surface area contributed by atoms with E-state index in [0.717, 1.165) is 58.3 Å². The second-order valence-corrected chi connectivity index (χ2v) is 7.23. The molecule has 2 saturated heterocycles. The van der Waals surface area contributed by atoms with Crippen LogP contribution in [0.1, 0.15) is 19.3 Å². The van der Waals surface area contributed by atoms with Gasteiger partial charge in [-0.1, -0.05) is 0 Å². The van der Waals surface area contributed by atoms with Crippen LogP contribution >= 0.6 is 35.7 Å². The standard InChI is InChI=1S/C15H29N3O2S.HI/c1-16-14(18-7-4-13(10-18)11-19-2)17-12-15(21-3)5-8-20-9-6-15;/h13H,4-12H2,1-3H3,(H,16,17);1H. The molecule has 2 aliphatic heterocycles. The third-order valence-electron chi connectivity index (χ3n) is 4.61. The number of nitrogens with zero attached hydrogens (tertiary/aromatic N) is 2. The van der Waals surface area contributed by atoms with E-state index in [1.807, 2.05) is 18.8 Å². The highest BCUT2D eigenvalue weighted by molar-refractivity contribution is 14.0. The van der Waals surface area contributed by atoms with Crippen LogP contribution in [0.15, 0.2) is 4.99 Å². The van der Waals surface area contributed by atoms with Gasteiger partial charge < -0.3 is 19.7 Å². The van der Waals surface area contributed by atoms with E-state index in [9.17, 15) is 0 Å². The second-order valence-electron chi connectivity index (χ2n) is 5.96. The summed E-state index contributed by atoms with van der Waals surface area (Å²) in [4.78, 5) is 6.82. The first-order valence-electron chi connectivity index (χ1n) is 7.80. The van der Waals surface area contributed by atoms with Gasteiger partial charge in [0, 0.05) is 57.7 Å². The first kappa shape index (κ1) is 20.3. The highest BCUT2D eigenvalue weighted by Gasteiger charge is 2.33. The Hall–Kier alpha value is 0.270. The fourth-order valence-electron chi connectivity index (χ4n) is 3.17. The van der Waals surface area contributed by atoms with Crippen molar-refractivity contribution in [1.82, 2.24) is 10.2 Å². The molecule has 0 aliphatic carbocycles. The maximum absolute atomic E-state index is 5.50. The van der Waals surface area contributed by atoms with Crippen molar-refractivity contribution in [3.63, 3.8) is 0 Å². The number of methoxy groups -OCH3 is 1. The molecule has 1 unspecified atom stereocenters. The number of halogens is 1. The molecule has 0 aromatic carbocycles. The van der Waals surface area contributed by atoms with Crippen LogP contribution in [-0.4, -0.2) is 75.5 Å². The zero-order valence-electron chi connectivity index (χ0n) is 14.0. The minimum absolute atomic E-state index is 0. The van der Waals surface area contributed by atoms with Crippen molar-refractivity contribution in [1.29, 1.82) is 0 Å². The molecule has 2 fully saturated rings. The van der Waals surface area contributed by atoms with Crippen molar-refractivity contribution in [3.8, 4) is 0 Å². The van der Waals surface area contributed by atoms with Crippen molar-refractivity contribution < 1.29 is 9.47 Å². The molecule has 0 spiro atoms. The van der Waals surface area contributed by atoms with Crippen molar-refractivity contribution in [2.45, 2.75) is 24.0 Å². The van der Waals surface area contributed by atoms with E-state index in [1.54, 1.807) is 7.11 Å². The third-order valence-corrected chi connectivity index (χ3v) is 6.02. The molecule has 2 aliphatic rings. The summed E-state index contributed by atoms with van der Waals surface area (Å²) in [6, 6.07) is 0. The van der Waals surface area contributed by atoms with Gasteiger partial charge in [0.15, 0.2) is 5.96 Å². The number of guanidine groups is 1. The number of aliphatic imine (C=N–C) groups is 1. The molecule has 2 heterocycles. The Bertz CT molecular complexity index is 352. The molecule has 7 heteroatoms. The molecule has 5 nitrogen and oxygen atoms in total. The molecule has 22 heavy (non-hydrogen) atoms. The molecule has 1 atom stereocenters.